The molecule has 0 atom stereocenters. The summed E-state index contributed by atoms with van der Waals surface area (Å²) in [5.74, 6) is -1.58. The van der Waals surface area contributed by atoms with Crippen molar-refractivity contribution in [2.75, 3.05) is 119 Å². The molecule has 15 heteroatoms. The Morgan fingerprint density at radius 2 is 0.900 bits per heavy atom. The zero-order valence-electron chi connectivity index (χ0n) is 24.1. The molecular weight excluding hydrogens is 536 g/mol. The van der Waals surface area contributed by atoms with Crippen molar-refractivity contribution in [1.29, 1.82) is 0 Å². The van der Waals surface area contributed by atoms with Crippen molar-refractivity contribution in [3.63, 3.8) is 0 Å². The molecule has 0 fully saturated rings. The third-order valence-electron chi connectivity index (χ3n) is 4.48. The van der Waals surface area contributed by atoms with E-state index in [0.29, 0.717) is 85.8 Å². The van der Waals surface area contributed by atoms with Crippen LogP contribution in [0.15, 0.2) is 0 Å². The maximum atomic E-state index is 11.5. The molecule has 3 N–H and O–H groups in total. The number of aliphatic hydroxyl groups excluding tert-OH is 2. The number of hydrogen-bond acceptors (Lipinski definition) is 13. The van der Waals surface area contributed by atoms with Gasteiger partial charge in [-0.15, -0.1) is 0 Å². The standard InChI is InChI=1S/C25H48N2O13/c1-25(2,3)40-24(32)26-4-6-33-8-10-35-12-14-37-16-18-39-19-17-38-15-13-36-11-9-34-7-5-27(22(30)20-28)23(31)21-29/h28-29H,4-21H2,1-3H3,(H,26,32). The second-order valence-corrected chi connectivity index (χ2v) is 8.97. The maximum absolute atomic E-state index is 11.5. The first-order chi connectivity index (χ1) is 19.2. The van der Waals surface area contributed by atoms with E-state index >= 15 is 0 Å². The number of aliphatic hydroxyl groups is 2. The highest BCUT2D eigenvalue weighted by molar-refractivity contribution is 5.96. The number of imide groups is 1. The molecule has 0 spiro atoms. The van der Waals surface area contributed by atoms with Crippen molar-refractivity contribution >= 4 is 17.9 Å². The van der Waals surface area contributed by atoms with E-state index in [1.54, 1.807) is 20.8 Å². The first-order valence-electron chi connectivity index (χ1n) is 13.3. The van der Waals surface area contributed by atoms with Crippen molar-refractivity contribution in [2.45, 2.75) is 26.4 Å². The fraction of sp³-hybridized carbons (Fsp3) is 0.880. The van der Waals surface area contributed by atoms with E-state index in [0.717, 1.165) is 4.90 Å². The van der Waals surface area contributed by atoms with Gasteiger partial charge in [-0.2, -0.15) is 0 Å². The smallest absolute Gasteiger partial charge is 0.407 e. The number of carbonyl (C=O) groups is 3. The average molecular weight is 585 g/mol. The Morgan fingerprint density at radius 3 is 1.23 bits per heavy atom. The first kappa shape index (κ1) is 38.0. The van der Waals surface area contributed by atoms with Gasteiger partial charge >= 0.3 is 6.09 Å². The molecule has 0 heterocycles. The van der Waals surface area contributed by atoms with E-state index in [2.05, 4.69) is 5.32 Å². The molecule has 0 aliphatic heterocycles. The van der Waals surface area contributed by atoms with Crippen molar-refractivity contribution in [2.24, 2.45) is 0 Å². The second kappa shape index (κ2) is 26.0. The van der Waals surface area contributed by atoms with Crippen LogP contribution in [0.25, 0.3) is 0 Å². The van der Waals surface area contributed by atoms with Crippen molar-refractivity contribution < 1.29 is 62.5 Å². The molecule has 0 aromatic rings. The van der Waals surface area contributed by atoms with Crippen LogP contribution in [0.2, 0.25) is 0 Å². The van der Waals surface area contributed by atoms with E-state index in [-0.39, 0.29) is 19.8 Å². The molecule has 0 radical (unpaired) electrons. The Kier molecular flexibility index (Phi) is 24.7. The summed E-state index contributed by atoms with van der Waals surface area (Å²) in [5.41, 5.74) is -0.524. The van der Waals surface area contributed by atoms with Gasteiger partial charge in [0.1, 0.15) is 18.8 Å². The summed E-state index contributed by atoms with van der Waals surface area (Å²) >= 11 is 0. The molecule has 0 bridgehead atoms. The van der Waals surface area contributed by atoms with Crippen LogP contribution in [-0.2, 0) is 47.5 Å². The SMILES string of the molecule is CC(C)(C)OC(=O)NCCOCCOCCOCCOCCOCCOCCOCCN(C(=O)CO)C(=O)CO. The van der Waals surface area contributed by atoms with Gasteiger partial charge in [0.25, 0.3) is 11.8 Å². The monoisotopic (exact) mass is 584 g/mol. The Bertz CT molecular complexity index is 631. The Morgan fingerprint density at radius 1 is 0.575 bits per heavy atom. The summed E-state index contributed by atoms with van der Waals surface area (Å²) < 4.78 is 42.7. The summed E-state index contributed by atoms with van der Waals surface area (Å²) in [6, 6.07) is 0. The highest BCUT2D eigenvalue weighted by Gasteiger charge is 2.19. The van der Waals surface area contributed by atoms with E-state index in [1.807, 2.05) is 0 Å². The van der Waals surface area contributed by atoms with E-state index < -0.39 is 36.7 Å². The topological polar surface area (TPSA) is 181 Å². The van der Waals surface area contributed by atoms with Gasteiger partial charge in [-0.05, 0) is 20.8 Å². The predicted molar refractivity (Wildman–Crippen MR) is 141 cm³/mol. The molecule has 40 heavy (non-hydrogen) atoms. The minimum Gasteiger partial charge on any atom is -0.444 e. The molecule has 0 rings (SSSR count). The van der Waals surface area contributed by atoms with E-state index in [1.165, 1.54) is 0 Å². The summed E-state index contributed by atoms with van der Waals surface area (Å²) in [6.45, 7) is 9.32. The van der Waals surface area contributed by atoms with Gasteiger partial charge < -0.3 is 53.4 Å². The lowest BCUT2D eigenvalue weighted by Gasteiger charge is -2.19. The summed E-state index contributed by atoms with van der Waals surface area (Å²) in [4.78, 5) is 35.0. The average Bonchev–Trinajstić information content (AvgIpc) is 2.91. The molecule has 0 aliphatic carbocycles. The summed E-state index contributed by atoms with van der Waals surface area (Å²) in [5, 5.41) is 20.3. The fourth-order valence-corrected chi connectivity index (χ4v) is 2.68. The number of nitrogens with zero attached hydrogens (tertiary/aromatic N) is 1. The number of rotatable bonds is 26. The minimum atomic E-state index is -0.818. The van der Waals surface area contributed by atoms with Crippen LogP contribution in [0.5, 0.6) is 0 Å². The van der Waals surface area contributed by atoms with Gasteiger partial charge in [-0.25, -0.2) is 4.79 Å². The summed E-state index contributed by atoms with van der Waals surface area (Å²) in [6.07, 6.45) is -0.468. The Hall–Kier alpha value is -1.95. The molecule has 15 nitrogen and oxygen atoms in total. The summed E-state index contributed by atoms with van der Waals surface area (Å²) in [7, 11) is 0. The fourth-order valence-electron chi connectivity index (χ4n) is 2.68. The van der Waals surface area contributed by atoms with Gasteiger partial charge in [0.2, 0.25) is 0 Å². The number of ether oxygens (including phenoxy) is 8. The van der Waals surface area contributed by atoms with Gasteiger partial charge in [0.15, 0.2) is 0 Å². The zero-order valence-corrected chi connectivity index (χ0v) is 24.1. The molecule has 0 saturated heterocycles. The van der Waals surface area contributed by atoms with Crippen LogP contribution in [0, 0.1) is 0 Å². The Balaban J connectivity index is 3.29. The minimum absolute atomic E-state index is 0.0602. The second-order valence-electron chi connectivity index (χ2n) is 8.97. The molecular formula is C25H48N2O13. The highest BCUT2D eigenvalue weighted by atomic mass is 16.6. The predicted octanol–water partition coefficient (Wildman–Crippen LogP) is -1.03. The van der Waals surface area contributed by atoms with Crippen LogP contribution >= 0.6 is 0 Å². The van der Waals surface area contributed by atoms with Crippen LogP contribution in [0.3, 0.4) is 0 Å². The lowest BCUT2D eigenvalue weighted by molar-refractivity contribution is -0.149. The molecule has 3 amide bonds. The van der Waals surface area contributed by atoms with Crippen LogP contribution in [-0.4, -0.2) is 157 Å². The maximum Gasteiger partial charge on any atom is 0.407 e. The quantitative estimate of drug-likeness (QED) is 0.105. The van der Waals surface area contributed by atoms with Crippen molar-refractivity contribution in [3.8, 4) is 0 Å². The first-order valence-corrected chi connectivity index (χ1v) is 13.3. The number of hydrogen-bond donors (Lipinski definition) is 3. The van der Waals surface area contributed by atoms with Gasteiger partial charge in [-0.1, -0.05) is 0 Å². The lowest BCUT2D eigenvalue weighted by atomic mass is 10.2. The third kappa shape index (κ3) is 25.0. The van der Waals surface area contributed by atoms with Gasteiger partial charge in [0.05, 0.1) is 99.0 Å². The number of nitrogens with one attached hydrogen (secondary N) is 1. The zero-order chi connectivity index (χ0) is 29.9. The molecule has 236 valence electrons. The Labute approximate surface area is 236 Å². The highest BCUT2D eigenvalue weighted by Crippen LogP contribution is 2.06. The molecule has 0 aliphatic rings. The normalized spacial score (nSPS) is 11.4. The van der Waals surface area contributed by atoms with Gasteiger partial charge in [-0.3, -0.25) is 14.5 Å². The third-order valence-corrected chi connectivity index (χ3v) is 4.48. The number of amides is 3. The number of carbonyl (C=O) groups excluding carboxylic acids is 3. The van der Waals surface area contributed by atoms with Crippen LogP contribution in [0.1, 0.15) is 20.8 Å². The molecule has 0 unspecified atom stereocenters. The van der Waals surface area contributed by atoms with E-state index in [9.17, 15) is 14.4 Å². The number of alkyl carbamates (subject to hydrolysis) is 1. The van der Waals surface area contributed by atoms with E-state index in [4.69, 9.17) is 48.1 Å². The van der Waals surface area contributed by atoms with Crippen LogP contribution < -0.4 is 5.32 Å². The van der Waals surface area contributed by atoms with Crippen LogP contribution in [0.4, 0.5) is 4.79 Å². The molecule has 0 aromatic heterocycles. The molecule has 0 aromatic carbocycles. The lowest BCUT2D eigenvalue weighted by Crippen LogP contribution is -2.42. The van der Waals surface area contributed by atoms with Gasteiger partial charge in [0, 0.05) is 6.54 Å². The largest absolute Gasteiger partial charge is 0.444 e. The van der Waals surface area contributed by atoms with Crippen molar-refractivity contribution in [1.82, 2.24) is 10.2 Å². The van der Waals surface area contributed by atoms with Crippen molar-refractivity contribution in [3.05, 3.63) is 0 Å². The molecule has 0 saturated carbocycles.